The highest BCUT2D eigenvalue weighted by molar-refractivity contribution is 7.98. The Morgan fingerprint density at radius 2 is 0.740 bits per heavy atom. The first kappa shape index (κ1) is 83.0. The standard InChI is InChI=1S/C71H101N13O15S/c1-43(2)37-55(61(74)89)80-68(96)58(41-49-27-29-50(86)30-28-49)82-66(94)52(26-16-18-35-73)77-65(93)51(25-15-17-34-72)78-67(95)53(31-32-60(87)88)79-71(99)59(42-85)84-70(98)57(40-48-23-13-8-14-24-48)83-69(97)56(39-47-21-11-7-12-22-47)81-63(91)45(4)75-64(92)54(33-36-100-5)76-62(90)44(3)38-46-19-9-6-10-20-46/h6-14,19-24,27-30,43-45,51-59,85-86H,15-18,25-26,31-42,72-73H2,1-5H3,(H2,74,89)(H,75,92)(H,76,90)(H,77,93)(H,78,95)(H,79,99)(H,80,96)(H,81,91)(H,82,94)(H,83,97)(H,84,98)(H,87,88)/t44-,45-,51-,52-,53-,54-,55-,56-,57-,58-,59-/m0/s1. The van der Waals surface area contributed by atoms with Crippen LogP contribution in [-0.4, -0.2) is 178 Å². The summed E-state index contributed by atoms with van der Waals surface area (Å²) in [5, 5.41) is 56.7. The number of nitrogens with two attached hydrogens (primary N) is 3. The molecule has 0 unspecified atom stereocenters. The van der Waals surface area contributed by atoms with Crippen LogP contribution in [0.25, 0.3) is 0 Å². The second-order valence-electron chi connectivity index (χ2n) is 25.1. The molecule has 0 radical (unpaired) electrons. The minimum atomic E-state index is -1.86. The molecule has 0 saturated carbocycles. The van der Waals surface area contributed by atoms with Crippen molar-refractivity contribution in [3.63, 3.8) is 0 Å². The number of hydrogen-bond donors (Lipinski definition) is 16. The number of unbranched alkanes of at least 4 members (excludes halogenated alkanes) is 2. The molecule has 29 heteroatoms. The Morgan fingerprint density at radius 1 is 0.400 bits per heavy atom. The highest BCUT2D eigenvalue weighted by Gasteiger charge is 2.36. The number of thioether (sulfide) groups is 1. The topological polar surface area (TPSA) is 464 Å². The average Bonchev–Trinajstić information content (AvgIpc) is 0.875. The number of aliphatic hydroxyl groups is 1. The van der Waals surface area contributed by atoms with E-state index in [2.05, 4.69) is 53.2 Å². The van der Waals surface area contributed by atoms with Gasteiger partial charge in [-0.1, -0.05) is 124 Å². The number of hydrogen-bond acceptors (Lipinski definition) is 17. The zero-order chi connectivity index (χ0) is 73.7. The highest BCUT2D eigenvalue weighted by atomic mass is 32.2. The van der Waals surface area contributed by atoms with E-state index in [1.165, 1.54) is 43.0 Å². The van der Waals surface area contributed by atoms with E-state index in [0.717, 1.165) is 5.56 Å². The average molecular weight is 1410 g/mol. The quantitative estimate of drug-likeness (QED) is 0.0269. The maximum atomic E-state index is 14.6. The zero-order valence-electron chi connectivity index (χ0n) is 57.5. The molecule has 4 aromatic rings. The van der Waals surface area contributed by atoms with Crippen molar-refractivity contribution < 1.29 is 72.9 Å². The molecular formula is C71H101N13O15S. The maximum Gasteiger partial charge on any atom is 0.303 e. The van der Waals surface area contributed by atoms with Crippen molar-refractivity contribution in [1.82, 2.24) is 53.2 Å². The summed E-state index contributed by atoms with van der Waals surface area (Å²) in [4.78, 5) is 167. The van der Waals surface area contributed by atoms with Crippen LogP contribution in [0.5, 0.6) is 5.75 Å². The minimum Gasteiger partial charge on any atom is -0.508 e. The van der Waals surface area contributed by atoms with Crippen molar-refractivity contribution in [1.29, 1.82) is 0 Å². The molecule has 0 aliphatic rings. The van der Waals surface area contributed by atoms with Gasteiger partial charge in [0.1, 0.15) is 66.2 Å². The van der Waals surface area contributed by atoms with Crippen LogP contribution in [0.1, 0.15) is 114 Å². The summed E-state index contributed by atoms with van der Waals surface area (Å²) in [5.41, 5.74) is 19.8. The third-order valence-electron chi connectivity index (χ3n) is 16.3. The van der Waals surface area contributed by atoms with Crippen LogP contribution in [0.3, 0.4) is 0 Å². The highest BCUT2D eigenvalue weighted by Crippen LogP contribution is 2.16. The molecule has 100 heavy (non-hydrogen) atoms. The van der Waals surface area contributed by atoms with Gasteiger partial charge in [0.25, 0.3) is 0 Å². The molecule has 28 nitrogen and oxygen atoms in total. The molecule has 0 saturated heterocycles. The number of aromatic hydroxyl groups is 1. The van der Waals surface area contributed by atoms with Gasteiger partial charge >= 0.3 is 5.97 Å². The van der Waals surface area contributed by atoms with Crippen LogP contribution in [-0.2, 0) is 83.2 Å². The lowest BCUT2D eigenvalue weighted by molar-refractivity contribution is -0.139. The molecule has 0 heterocycles. The van der Waals surface area contributed by atoms with Gasteiger partial charge in [-0.3, -0.25) is 57.5 Å². The van der Waals surface area contributed by atoms with Crippen molar-refractivity contribution in [2.45, 2.75) is 178 Å². The predicted octanol–water partition coefficient (Wildman–Crippen LogP) is 0.566. The molecule has 0 aliphatic carbocycles. The van der Waals surface area contributed by atoms with Crippen LogP contribution in [0.4, 0.5) is 0 Å². The Bertz CT molecular complexity index is 3280. The van der Waals surface area contributed by atoms with Gasteiger partial charge in [-0.2, -0.15) is 11.8 Å². The number of phenols is 1. The number of nitrogens with one attached hydrogen (secondary N) is 10. The van der Waals surface area contributed by atoms with Gasteiger partial charge in [-0.25, -0.2) is 0 Å². The zero-order valence-corrected chi connectivity index (χ0v) is 58.3. The van der Waals surface area contributed by atoms with E-state index < -0.39 is 151 Å². The Morgan fingerprint density at radius 3 is 1.14 bits per heavy atom. The molecule has 19 N–H and O–H groups in total. The van der Waals surface area contributed by atoms with Crippen molar-refractivity contribution in [2.24, 2.45) is 29.0 Å². The third kappa shape index (κ3) is 30.3. The van der Waals surface area contributed by atoms with Gasteiger partial charge in [0, 0.05) is 31.6 Å². The fourth-order valence-corrected chi connectivity index (χ4v) is 11.1. The summed E-state index contributed by atoms with van der Waals surface area (Å²) in [7, 11) is 0. The number of benzene rings is 4. The summed E-state index contributed by atoms with van der Waals surface area (Å²) >= 11 is 1.46. The minimum absolute atomic E-state index is 0.0189. The first-order chi connectivity index (χ1) is 47.7. The van der Waals surface area contributed by atoms with E-state index in [-0.39, 0.29) is 82.0 Å². The Labute approximate surface area is 588 Å². The smallest absolute Gasteiger partial charge is 0.303 e. The van der Waals surface area contributed by atoms with Gasteiger partial charge < -0.3 is 85.7 Å². The molecule has 0 fully saturated rings. The number of primary amides is 1. The summed E-state index contributed by atoms with van der Waals surface area (Å²) in [6.45, 7) is 6.10. The molecule has 0 bridgehead atoms. The largest absolute Gasteiger partial charge is 0.508 e. The molecular weight excluding hydrogens is 1310 g/mol. The van der Waals surface area contributed by atoms with Crippen molar-refractivity contribution in [2.75, 3.05) is 31.7 Å². The predicted molar refractivity (Wildman–Crippen MR) is 378 cm³/mol. The molecule has 0 aliphatic heterocycles. The normalized spacial score (nSPS) is 14.4. The van der Waals surface area contributed by atoms with E-state index in [0.29, 0.717) is 48.1 Å². The maximum absolute atomic E-state index is 14.6. The van der Waals surface area contributed by atoms with Gasteiger partial charge in [0.15, 0.2) is 0 Å². The molecule has 4 rings (SSSR count). The van der Waals surface area contributed by atoms with E-state index in [9.17, 15) is 72.9 Å². The summed E-state index contributed by atoms with van der Waals surface area (Å²) in [6, 6.07) is 18.1. The second kappa shape index (κ2) is 44.5. The summed E-state index contributed by atoms with van der Waals surface area (Å²) in [5.74, 6) is -10.8. The van der Waals surface area contributed by atoms with Gasteiger partial charge in [0.2, 0.25) is 65.0 Å². The van der Waals surface area contributed by atoms with E-state index in [4.69, 9.17) is 17.2 Å². The van der Waals surface area contributed by atoms with Crippen molar-refractivity contribution in [3.8, 4) is 5.75 Å². The summed E-state index contributed by atoms with van der Waals surface area (Å²) < 4.78 is 0. The van der Waals surface area contributed by atoms with Gasteiger partial charge in [0.05, 0.1) is 6.61 Å². The van der Waals surface area contributed by atoms with Crippen LogP contribution < -0.4 is 70.4 Å². The number of amides is 11. The Kier molecular flexibility index (Phi) is 37.0. The van der Waals surface area contributed by atoms with E-state index >= 15 is 0 Å². The lowest BCUT2D eigenvalue weighted by atomic mass is 10.00. The van der Waals surface area contributed by atoms with Crippen LogP contribution in [0.15, 0.2) is 115 Å². The lowest BCUT2D eigenvalue weighted by Crippen LogP contribution is -2.61. The van der Waals surface area contributed by atoms with Crippen LogP contribution >= 0.6 is 11.8 Å². The molecule has 11 amide bonds. The second-order valence-corrected chi connectivity index (χ2v) is 26.1. The number of carboxylic acids is 1. The third-order valence-corrected chi connectivity index (χ3v) is 16.9. The van der Waals surface area contributed by atoms with Gasteiger partial charge in [-0.15, -0.1) is 0 Å². The molecule has 546 valence electrons. The Balaban J connectivity index is 1.58. The summed E-state index contributed by atoms with van der Waals surface area (Å²) in [6.07, 6.45) is 2.15. The first-order valence-electron chi connectivity index (χ1n) is 33.7. The van der Waals surface area contributed by atoms with E-state index in [1.54, 1.807) is 67.6 Å². The van der Waals surface area contributed by atoms with Crippen molar-refractivity contribution >= 4 is 82.7 Å². The number of phenolic OH excluding ortho intramolecular Hbond substituents is 1. The molecule has 4 aromatic carbocycles. The fourth-order valence-electron chi connectivity index (χ4n) is 10.6. The number of carbonyl (C=O) groups excluding carboxylic acids is 11. The number of carboxylic acid groups (broad SMARTS) is 1. The van der Waals surface area contributed by atoms with Crippen LogP contribution in [0.2, 0.25) is 0 Å². The van der Waals surface area contributed by atoms with E-state index in [1.807, 2.05) is 50.4 Å². The fraction of sp³-hybridized carbons (Fsp3) is 0.493. The Hall–Kier alpha value is -9.45. The van der Waals surface area contributed by atoms with Crippen molar-refractivity contribution in [3.05, 3.63) is 138 Å². The number of aliphatic carboxylic acids is 1. The lowest BCUT2D eigenvalue weighted by Gasteiger charge is -2.28. The monoisotopic (exact) mass is 1410 g/mol. The number of carbonyl (C=O) groups is 12. The number of rotatable bonds is 46. The number of aliphatic hydroxyl groups excluding tert-OH is 1. The molecule has 0 aromatic heterocycles. The SMILES string of the molecule is CSCC[C@H](NC(=O)[C@@H](C)Cc1ccccc1)C(=O)N[C@@H](C)C(=O)N[C@@H](Cc1ccccc1)C(=O)N[C@@H](Cc1ccccc1)C(=O)N[C@@H](CO)C(=O)N[C@@H](CCC(=O)O)C(=O)N[C@@H](CCCCN)C(=O)N[C@@H](CCCCN)C(=O)N[C@@H](Cc1ccc(O)cc1)C(=O)N[C@@H](CC(C)C)C(N)=O. The van der Waals surface area contributed by atoms with Gasteiger partial charge in [-0.05, 0) is 137 Å². The molecule has 0 spiro atoms. The molecule has 11 atom stereocenters. The first-order valence-corrected chi connectivity index (χ1v) is 35.1. The van der Waals surface area contributed by atoms with Crippen LogP contribution in [0, 0.1) is 11.8 Å².